The molecule has 1 aromatic rings. The van der Waals surface area contributed by atoms with Gasteiger partial charge in [-0.25, -0.2) is 9.97 Å². The van der Waals surface area contributed by atoms with Crippen LogP contribution in [0.3, 0.4) is 0 Å². The molecule has 0 aliphatic heterocycles. The van der Waals surface area contributed by atoms with Gasteiger partial charge in [0.1, 0.15) is 16.8 Å². The van der Waals surface area contributed by atoms with Crippen LogP contribution >= 0.6 is 11.6 Å². The molecule has 5 heteroatoms. The first-order valence-electron chi connectivity index (χ1n) is 5.33. The van der Waals surface area contributed by atoms with Crippen molar-refractivity contribution in [3.63, 3.8) is 0 Å². The molecule has 0 aliphatic rings. The van der Waals surface area contributed by atoms with Crippen LogP contribution in [0.25, 0.3) is 0 Å². The molecule has 0 radical (unpaired) electrons. The van der Waals surface area contributed by atoms with Crippen LogP contribution < -0.4 is 4.90 Å². The van der Waals surface area contributed by atoms with Gasteiger partial charge in [-0.1, -0.05) is 25.4 Å². The van der Waals surface area contributed by atoms with Crippen molar-refractivity contribution in [2.75, 3.05) is 18.6 Å². The van der Waals surface area contributed by atoms with E-state index in [1.54, 1.807) is 6.07 Å². The van der Waals surface area contributed by atoms with Gasteiger partial charge in [-0.05, 0) is 6.92 Å². The summed E-state index contributed by atoms with van der Waals surface area (Å²) in [5.74, 6) is 1.69. The van der Waals surface area contributed by atoms with Crippen LogP contribution in [0.2, 0.25) is 5.15 Å². The molecule has 0 fully saturated rings. The highest BCUT2D eigenvalue weighted by molar-refractivity contribution is 6.29. The molecule has 4 nitrogen and oxygen atoms in total. The third-order valence-electron chi connectivity index (χ3n) is 2.50. The lowest BCUT2D eigenvalue weighted by Gasteiger charge is -2.24. The molecule has 1 atom stereocenters. The quantitative estimate of drug-likeness (QED) is 0.823. The van der Waals surface area contributed by atoms with Crippen LogP contribution in [0.1, 0.15) is 32.5 Å². The van der Waals surface area contributed by atoms with Crippen LogP contribution in [-0.2, 0) is 0 Å². The normalized spacial score (nSPS) is 12.9. The Labute approximate surface area is 101 Å². The monoisotopic (exact) mass is 243 g/mol. The van der Waals surface area contributed by atoms with E-state index in [1.807, 2.05) is 32.7 Å². The van der Waals surface area contributed by atoms with E-state index in [0.29, 0.717) is 5.15 Å². The molecule has 1 heterocycles. The topological polar surface area (TPSA) is 49.2 Å². The van der Waals surface area contributed by atoms with E-state index in [4.69, 9.17) is 16.7 Å². The second-order valence-corrected chi connectivity index (χ2v) is 4.59. The highest BCUT2D eigenvalue weighted by atomic mass is 35.5. The van der Waals surface area contributed by atoms with Gasteiger partial charge in [0, 0.05) is 19.0 Å². The van der Waals surface area contributed by atoms with Gasteiger partial charge in [0.2, 0.25) is 0 Å². The van der Waals surface area contributed by atoms with Crippen molar-refractivity contribution in [3.05, 3.63) is 17.0 Å². The highest BCUT2D eigenvalue weighted by Crippen LogP contribution is 2.20. The number of nitrogens with zero attached hydrogens (tertiary/aromatic N) is 3. The van der Waals surface area contributed by atoms with Crippen LogP contribution in [0, 0.1) is 0 Å². The van der Waals surface area contributed by atoms with Gasteiger partial charge in [0.05, 0.1) is 12.6 Å². The summed E-state index contributed by atoms with van der Waals surface area (Å²) >= 11 is 5.95. The molecular weight excluding hydrogens is 226 g/mol. The maximum atomic E-state index is 9.10. The number of anilines is 1. The zero-order chi connectivity index (χ0) is 12.3. The minimum absolute atomic E-state index is 0.00554. The van der Waals surface area contributed by atoms with Crippen molar-refractivity contribution in [1.29, 1.82) is 0 Å². The lowest BCUT2D eigenvalue weighted by Crippen LogP contribution is -2.32. The third-order valence-corrected chi connectivity index (χ3v) is 2.70. The average molecular weight is 244 g/mol. The second kappa shape index (κ2) is 5.46. The first kappa shape index (κ1) is 13.2. The summed E-state index contributed by atoms with van der Waals surface area (Å²) in [4.78, 5) is 10.5. The molecule has 1 unspecified atom stereocenters. The van der Waals surface area contributed by atoms with E-state index in [2.05, 4.69) is 9.97 Å². The molecule has 1 rings (SSSR count). The first-order chi connectivity index (χ1) is 7.45. The molecule has 16 heavy (non-hydrogen) atoms. The van der Waals surface area contributed by atoms with Gasteiger partial charge in [-0.2, -0.15) is 0 Å². The van der Waals surface area contributed by atoms with Crippen molar-refractivity contribution >= 4 is 17.4 Å². The largest absolute Gasteiger partial charge is 0.394 e. The Hall–Kier alpha value is -0.870. The summed E-state index contributed by atoms with van der Waals surface area (Å²) in [7, 11) is 1.88. The molecule has 0 bridgehead atoms. The van der Waals surface area contributed by atoms with E-state index < -0.39 is 0 Å². The molecule has 0 spiro atoms. The predicted molar refractivity (Wildman–Crippen MR) is 66.1 cm³/mol. The summed E-state index contributed by atoms with van der Waals surface area (Å²) in [6, 6.07) is 1.71. The Bertz CT molecular complexity index is 357. The van der Waals surface area contributed by atoms with Crippen molar-refractivity contribution < 1.29 is 5.11 Å². The van der Waals surface area contributed by atoms with Crippen molar-refractivity contribution in [2.24, 2.45) is 0 Å². The molecule has 90 valence electrons. The molecule has 0 saturated carbocycles. The van der Waals surface area contributed by atoms with Crippen LogP contribution in [0.15, 0.2) is 6.07 Å². The number of hydrogen-bond acceptors (Lipinski definition) is 4. The number of aromatic nitrogens is 2. The van der Waals surface area contributed by atoms with Gasteiger partial charge >= 0.3 is 0 Å². The van der Waals surface area contributed by atoms with Gasteiger partial charge in [0.15, 0.2) is 0 Å². The van der Waals surface area contributed by atoms with Crippen LogP contribution in [0.5, 0.6) is 0 Å². The van der Waals surface area contributed by atoms with E-state index in [9.17, 15) is 0 Å². The summed E-state index contributed by atoms with van der Waals surface area (Å²) in [5.41, 5.74) is 0. The molecule has 0 amide bonds. The zero-order valence-corrected chi connectivity index (χ0v) is 10.9. The fourth-order valence-corrected chi connectivity index (χ4v) is 1.39. The lowest BCUT2D eigenvalue weighted by molar-refractivity contribution is 0.269. The summed E-state index contributed by atoms with van der Waals surface area (Å²) in [5, 5.41) is 9.53. The van der Waals surface area contributed by atoms with Gasteiger partial charge in [0.25, 0.3) is 0 Å². The molecule has 0 aliphatic carbocycles. The smallest absolute Gasteiger partial charge is 0.135 e. The van der Waals surface area contributed by atoms with Gasteiger partial charge < -0.3 is 10.0 Å². The number of likely N-dealkylation sites (N-methyl/N-ethyl adjacent to an activating group) is 1. The second-order valence-electron chi connectivity index (χ2n) is 4.20. The van der Waals surface area contributed by atoms with Crippen LogP contribution in [-0.4, -0.2) is 34.8 Å². The first-order valence-corrected chi connectivity index (χ1v) is 5.71. The molecule has 0 saturated heterocycles. The fraction of sp³-hybridized carbons (Fsp3) is 0.636. The Morgan fingerprint density at radius 2 is 2.00 bits per heavy atom. The maximum absolute atomic E-state index is 9.10. The number of aliphatic hydroxyl groups excluding tert-OH is 1. The molecule has 0 aromatic carbocycles. The summed E-state index contributed by atoms with van der Waals surface area (Å²) in [6.07, 6.45) is 0. The van der Waals surface area contributed by atoms with Crippen molar-refractivity contribution in [2.45, 2.75) is 32.7 Å². The Balaban J connectivity index is 3.04. The standard InChI is InChI=1S/C11H18ClN3O/c1-7(2)11-13-9(12)5-10(14-11)15(4)8(3)6-16/h5,7-8,16H,6H2,1-4H3. The molecule has 1 N–H and O–H groups in total. The summed E-state index contributed by atoms with van der Waals surface area (Å²) < 4.78 is 0. The number of halogens is 1. The fourth-order valence-electron chi connectivity index (χ4n) is 1.21. The Morgan fingerprint density at radius 3 is 2.50 bits per heavy atom. The van der Waals surface area contributed by atoms with Gasteiger partial charge in [-0.15, -0.1) is 0 Å². The van der Waals surface area contributed by atoms with Gasteiger partial charge in [-0.3, -0.25) is 0 Å². The van der Waals surface area contributed by atoms with E-state index in [1.165, 1.54) is 0 Å². The van der Waals surface area contributed by atoms with Crippen molar-refractivity contribution in [1.82, 2.24) is 9.97 Å². The summed E-state index contributed by atoms with van der Waals surface area (Å²) in [6.45, 7) is 6.04. The van der Waals surface area contributed by atoms with Crippen molar-refractivity contribution in [3.8, 4) is 0 Å². The number of aliphatic hydroxyl groups is 1. The van der Waals surface area contributed by atoms with E-state index in [-0.39, 0.29) is 18.6 Å². The zero-order valence-electron chi connectivity index (χ0n) is 10.1. The lowest BCUT2D eigenvalue weighted by atomic mass is 10.2. The predicted octanol–water partition coefficient (Wildman–Crippen LogP) is 2.07. The SMILES string of the molecule is CC(C)c1nc(Cl)cc(N(C)C(C)CO)n1. The third kappa shape index (κ3) is 3.06. The van der Waals surface area contributed by atoms with E-state index in [0.717, 1.165) is 11.6 Å². The maximum Gasteiger partial charge on any atom is 0.135 e. The molecular formula is C11H18ClN3O. The van der Waals surface area contributed by atoms with E-state index >= 15 is 0 Å². The average Bonchev–Trinajstić information content (AvgIpc) is 2.26. The number of rotatable bonds is 4. The molecule has 1 aromatic heterocycles. The minimum Gasteiger partial charge on any atom is -0.394 e. The Kier molecular flexibility index (Phi) is 4.50. The minimum atomic E-state index is 0.00554. The Morgan fingerprint density at radius 1 is 1.38 bits per heavy atom. The highest BCUT2D eigenvalue weighted by Gasteiger charge is 2.13. The van der Waals surface area contributed by atoms with Crippen LogP contribution in [0.4, 0.5) is 5.82 Å². The number of hydrogen-bond donors (Lipinski definition) is 1.